The molecule has 0 radical (unpaired) electrons. The molecule has 0 saturated heterocycles. The largest absolute Gasteiger partial charge is 0.0996 e. The lowest BCUT2D eigenvalue weighted by molar-refractivity contribution is 0.260. The van der Waals surface area contributed by atoms with Gasteiger partial charge in [0, 0.05) is 0 Å². The zero-order chi connectivity index (χ0) is 6.85. The first-order valence-electron chi connectivity index (χ1n) is 3.97. The molecule has 0 spiro atoms. The van der Waals surface area contributed by atoms with Crippen molar-refractivity contribution in [1.29, 1.82) is 0 Å². The van der Waals surface area contributed by atoms with Crippen molar-refractivity contribution in [1.82, 2.24) is 0 Å². The smallest absolute Gasteiger partial charge is 0.0177 e. The van der Waals surface area contributed by atoms with E-state index in [-0.39, 0.29) is 0 Å². The molecule has 0 aromatic rings. The van der Waals surface area contributed by atoms with E-state index in [9.17, 15) is 0 Å². The van der Waals surface area contributed by atoms with E-state index in [0.717, 1.165) is 11.8 Å². The van der Waals surface area contributed by atoms with Crippen LogP contribution in [0.5, 0.6) is 0 Å². The van der Waals surface area contributed by atoms with Crippen molar-refractivity contribution in [2.24, 2.45) is 11.8 Å². The van der Waals surface area contributed by atoms with E-state index >= 15 is 0 Å². The van der Waals surface area contributed by atoms with Crippen molar-refractivity contribution in [3.63, 3.8) is 0 Å². The second kappa shape index (κ2) is 2.55. The normalized spacial score (nSPS) is 34.2. The van der Waals surface area contributed by atoms with Crippen LogP contribution in [0.2, 0.25) is 0 Å². The van der Waals surface area contributed by atoms with Gasteiger partial charge in [0.2, 0.25) is 0 Å². The van der Waals surface area contributed by atoms with Crippen LogP contribution >= 0.6 is 0 Å². The number of allylic oxidation sites excluding steroid dienone is 1. The van der Waals surface area contributed by atoms with Crippen LogP contribution in [0, 0.1) is 11.8 Å². The molecule has 1 aliphatic rings. The van der Waals surface area contributed by atoms with Gasteiger partial charge in [0.15, 0.2) is 0 Å². The Labute approximate surface area is 58.0 Å². The molecular formula is C9H16. The van der Waals surface area contributed by atoms with Gasteiger partial charge >= 0.3 is 0 Å². The third-order valence-corrected chi connectivity index (χ3v) is 2.58. The van der Waals surface area contributed by atoms with Gasteiger partial charge in [0.05, 0.1) is 0 Å². The quantitative estimate of drug-likeness (QED) is 0.496. The van der Waals surface area contributed by atoms with Gasteiger partial charge in [-0.05, 0) is 24.7 Å². The van der Waals surface area contributed by atoms with Gasteiger partial charge in [0.1, 0.15) is 0 Å². The fourth-order valence-electron chi connectivity index (χ4n) is 1.85. The molecule has 1 saturated carbocycles. The molecule has 1 rings (SSSR count). The maximum absolute atomic E-state index is 4.01. The van der Waals surface area contributed by atoms with E-state index in [4.69, 9.17) is 0 Å². The molecule has 0 aromatic carbocycles. The Balaban J connectivity index is 2.38. The number of hydrogen-bond acceptors (Lipinski definition) is 0. The van der Waals surface area contributed by atoms with Crippen molar-refractivity contribution < 1.29 is 0 Å². The predicted molar refractivity (Wildman–Crippen MR) is 41.3 cm³/mol. The van der Waals surface area contributed by atoms with Crippen LogP contribution in [-0.2, 0) is 0 Å². The van der Waals surface area contributed by atoms with Crippen molar-refractivity contribution in [2.45, 2.75) is 33.1 Å². The second-order valence-electron chi connectivity index (χ2n) is 3.05. The highest BCUT2D eigenvalue weighted by atomic mass is 14.4. The van der Waals surface area contributed by atoms with Crippen molar-refractivity contribution in [3.8, 4) is 0 Å². The second-order valence-corrected chi connectivity index (χ2v) is 3.05. The summed E-state index contributed by atoms with van der Waals surface area (Å²) in [6, 6.07) is 0. The molecule has 2 unspecified atom stereocenters. The van der Waals surface area contributed by atoms with Gasteiger partial charge in [-0.3, -0.25) is 0 Å². The molecule has 0 N–H and O–H groups in total. The number of hydrogen-bond donors (Lipinski definition) is 0. The zero-order valence-electron chi connectivity index (χ0n) is 6.48. The van der Waals surface area contributed by atoms with Gasteiger partial charge in [-0.1, -0.05) is 32.4 Å². The van der Waals surface area contributed by atoms with Gasteiger partial charge in [-0.15, -0.1) is 0 Å². The summed E-state index contributed by atoms with van der Waals surface area (Å²) in [7, 11) is 0. The van der Waals surface area contributed by atoms with Gasteiger partial charge in [0.25, 0.3) is 0 Å². The minimum absolute atomic E-state index is 0.870. The van der Waals surface area contributed by atoms with E-state index in [2.05, 4.69) is 20.4 Å². The van der Waals surface area contributed by atoms with Gasteiger partial charge in [-0.25, -0.2) is 0 Å². The summed E-state index contributed by atoms with van der Waals surface area (Å²) in [4.78, 5) is 0. The molecule has 0 aromatic heterocycles. The molecular weight excluding hydrogens is 108 g/mol. The van der Waals surface area contributed by atoms with Crippen LogP contribution in [0.1, 0.15) is 33.1 Å². The molecule has 0 amide bonds. The Hall–Kier alpha value is -0.260. The van der Waals surface area contributed by atoms with Crippen LogP contribution in [0.15, 0.2) is 12.2 Å². The highest BCUT2D eigenvalue weighted by molar-refractivity contribution is 5.13. The lowest BCUT2D eigenvalue weighted by Crippen LogP contribution is -2.26. The summed E-state index contributed by atoms with van der Waals surface area (Å²) in [5, 5.41) is 0. The van der Waals surface area contributed by atoms with Crippen LogP contribution < -0.4 is 0 Å². The van der Waals surface area contributed by atoms with E-state index in [0.29, 0.717) is 0 Å². The summed E-state index contributed by atoms with van der Waals surface area (Å²) >= 11 is 0. The summed E-state index contributed by atoms with van der Waals surface area (Å²) in [5.41, 5.74) is 1.49. The summed E-state index contributed by atoms with van der Waals surface area (Å²) in [6.45, 7) is 8.55. The predicted octanol–water partition coefficient (Wildman–Crippen LogP) is 3.00. The maximum atomic E-state index is 4.01. The first-order valence-corrected chi connectivity index (χ1v) is 3.97. The molecule has 0 heterocycles. The molecule has 0 aliphatic heterocycles. The van der Waals surface area contributed by atoms with E-state index in [1.54, 1.807) is 0 Å². The Morgan fingerprint density at radius 3 is 2.33 bits per heavy atom. The summed E-state index contributed by atoms with van der Waals surface area (Å²) < 4.78 is 0. The average Bonchev–Trinajstić information content (AvgIpc) is 1.83. The summed E-state index contributed by atoms with van der Waals surface area (Å²) in [6.07, 6.45) is 3.95. The third kappa shape index (κ3) is 1.03. The topological polar surface area (TPSA) is 0 Å². The monoisotopic (exact) mass is 124 g/mol. The zero-order valence-corrected chi connectivity index (χ0v) is 6.48. The van der Waals surface area contributed by atoms with Crippen LogP contribution in [0.25, 0.3) is 0 Å². The third-order valence-electron chi connectivity index (χ3n) is 2.58. The molecule has 9 heavy (non-hydrogen) atoms. The molecule has 0 bridgehead atoms. The van der Waals surface area contributed by atoms with E-state index in [1.807, 2.05) is 0 Å². The maximum Gasteiger partial charge on any atom is -0.0177 e. The Morgan fingerprint density at radius 1 is 1.44 bits per heavy atom. The van der Waals surface area contributed by atoms with Crippen LogP contribution in [0.4, 0.5) is 0 Å². The first-order chi connectivity index (χ1) is 4.29. The summed E-state index contributed by atoms with van der Waals surface area (Å²) in [5.74, 6) is 1.84. The number of rotatable bonds is 2. The fourth-order valence-corrected chi connectivity index (χ4v) is 1.85. The Kier molecular flexibility index (Phi) is 1.94. The molecule has 1 aliphatic carbocycles. The molecule has 1 fully saturated rings. The fraction of sp³-hybridized carbons (Fsp3) is 0.778. The van der Waals surface area contributed by atoms with Gasteiger partial charge < -0.3 is 0 Å². The van der Waals surface area contributed by atoms with Crippen molar-refractivity contribution >= 4 is 0 Å². The molecule has 52 valence electrons. The Bertz CT molecular complexity index is 113. The standard InChI is InChI=1S/C9H16/c1-4-8-6-7(3)9(8)5-2/h8-9H,3-6H2,1-2H3. The minimum atomic E-state index is 0.870. The van der Waals surface area contributed by atoms with E-state index < -0.39 is 0 Å². The first kappa shape index (κ1) is 6.85. The SMILES string of the molecule is C=C1CC(CC)C1CC. The van der Waals surface area contributed by atoms with Crippen molar-refractivity contribution in [3.05, 3.63) is 12.2 Å². The highest BCUT2D eigenvalue weighted by Gasteiger charge is 2.30. The molecule has 2 atom stereocenters. The lowest BCUT2D eigenvalue weighted by atomic mass is 9.67. The van der Waals surface area contributed by atoms with Crippen molar-refractivity contribution in [2.75, 3.05) is 0 Å². The highest BCUT2D eigenvalue weighted by Crippen LogP contribution is 2.42. The molecule has 0 nitrogen and oxygen atoms in total. The van der Waals surface area contributed by atoms with Gasteiger partial charge in [-0.2, -0.15) is 0 Å². The minimum Gasteiger partial charge on any atom is -0.0996 e. The Morgan fingerprint density at radius 2 is 2.11 bits per heavy atom. The van der Waals surface area contributed by atoms with Crippen LogP contribution in [-0.4, -0.2) is 0 Å². The lowest BCUT2D eigenvalue weighted by Gasteiger charge is -2.38. The van der Waals surface area contributed by atoms with E-state index in [1.165, 1.54) is 24.8 Å². The average molecular weight is 124 g/mol. The molecule has 0 heteroatoms. The van der Waals surface area contributed by atoms with Crippen LogP contribution in [0.3, 0.4) is 0 Å².